The number of hydrogen-bond donors (Lipinski definition) is 1. The van der Waals surface area contributed by atoms with Gasteiger partial charge in [0.25, 0.3) is 5.56 Å². The normalized spacial score (nSPS) is 10.8. The Morgan fingerprint density at radius 1 is 1.36 bits per heavy atom. The van der Waals surface area contributed by atoms with Gasteiger partial charge in [-0.3, -0.25) is 4.79 Å². The van der Waals surface area contributed by atoms with Crippen molar-refractivity contribution in [3.63, 3.8) is 0 Å². The quantitative estimate of drug-likeness (QED) is 0.596. The zero-order valence-corrected chi connectivity index (χ0v) is 8.80. The SMILES string of the molecule is O=c1[nH]c(I)nc2ccc(F)c(F)c12. The lowest BCUT2D eigenvalue weighted by molar-refractivity contribution is 0.516. The van der Waals surface area contributed by atoms with Crippen molar-refractivity contribution in [1.82, 2.24) is 9.97 Å². The summed E-state index contributed by atoms with van der Waals surface area (Å²) in [4.78, 5) is 17.4. The highest BCUT2D eigenvalue weighted by Crippen LogP contribution is 2.15. The fraction of sp³-hybridized carbons (Fsp3) is 0. The molecule has 2 aromatic rings. The molecule has 72 valence electrons. The van der Waals surface area contributed by atoms with Crippen LogP contribution in [-0.2, 0) is 0 Å². The van der Waals surface area contributed by atoms with E-state index in [0.717, 1.165) is 6.07 Å². The molecule has 14 heavy (non-hydrogen) atoms. The van der Waals surface area contributed by atoms with Crippen molar-refractivity contribution in [2.24, 2.45) is 0 Å². The molecule has 1 heterocycles. The minimum absolute atomic E-state index is 0.150. The van der Waals surface area contributed by atoms with Gasteiger partial charge in [0.1, 0.15) is 5.39 Å². The van der Waals surface area contributed by atoms with Gasteiger partial charge in [-0.2, -0.15) is 0 Å². The van der Waals surface area contributed by atoms with Gasteiger partial charge in [0, 0.05) is 0 Å². The Labute approximate surface area is 90.3 Å². The van der Waals surface area contributed by atoms with E-state index in [1.54, 1.807) is 22.6 Å². The summed E-state index contributed by atoms with van der Waals surface area (Å²) in [6.07, 6.45) is 0. The third kappa shape index (κ3) is 1.39. The first-order valence-corrected chi connectivity index (χ1v) is 4.71. The molecule has 0 saturated carbocycles. The molecule has 0 spiro atoms. The average molecular weight is 308 g/mol. The van der Waals surface area contributed by atoms with E-state index >= 15 is 0 Å². The third-order valence-electron chi connectivity index (χ3n) is 1.74. The number of nitrogens with zero attached hydrogens (tertiary/aromatic N) is 1. The molecule has 0 saturated heterocycles. The molecule has 0 aliphatic heterocycles. The molecular weight excluding hydrogens is 305 g/mol. The summed E-state index contributed by atoms with van der Waals surface area (Å²) in [6.45, 7) is 0. The fourth-order valence-electron chi connectivity index (χ4n) is 1.14. The average Bonchev–Trinajstić information content (AvgIpc) is 2.10. The number of rotatable bonds is 0. The van der Waals surface area contributed by atoms with E-state index < -0.39 is 17.2 Å². The summed E-state index contributed by atoms with van der Waals surface area (Å²) in [5.41, 5.74) is -0.520. The first kappa shape index (κ1) is 9.50. The molecule has 1 N–H and O–H groups in total. The van der Waals surface area contributed by atoms with E-state index in [1.807, 2.05) is 0 Å². The Morgan fingerprint density at radius 3 is 2.79 bits per heavy atom. The maximum atomic E-state index is 13.2. The van der Waals surface area contributed by atoms with Crippen LogP contribution in [0.25, 0.3) is 10.9 Å². The van der Waals surface area contributed by atoms with Crippen molar-refractivity contribution < 1.29 is 8.78 Å². The summed E-state index contributed by atoms with van der Waals surface area (Å²) in [5, 5.41) is -0.342. The van der Waals surface area contributed by atoms with Crippen molar-refractivity contribution in [3.8, 4) is 0 Å². The van der Waals surface area contributed by atoms with Crippen LogP contribution in [0, 0.1) is 15.5 Å². The van der Waals surface area contributed by atoms with Crippen LogP contribution in [0.3, 0.4) is 0 Å². The minimum atomic E-state index is -1.16. The molecule has 6 heteroatoms. The topological polar surface area (TPSA) is 45.8 Å². The molecule has 0 fully saturated rings. The number of fused-ring (bicyclic) bond motifs is 1. The number of hydrogen-bond acceptors (Lipinski definition) is 2. The molecule has 1 aromatic heterocycles. The predicted octanol–water partition coefficient (Wildman–Crippen LogP) is 1.81. The van der Waals surface area contributed by atoms with E-state index in [9.17, 15) is 13.6 Å². The smallest absolute Gasteiger partial charge is 0.262 e. The Morgan fingerprint density at radius 2 is 2.07 bits per heavy atom. The zero-order chi connectivity index (χ0) is 10.3. The van der Waals surface area contributed by atoms with Gasteiger partial charge in [0.15, 0.2) is 15.5 Å². The summed E-state index contributed by atoms with van der Waals surface area (Å²) >= 11 is 1.79. The van der Waals surface area contributed by atoms with E-state index in [4.69, 9.17) is 0 Å². The van der Waals surface area contributed by atoms with Gasteiger partial charge in [-0.05, 0) is 34.7 Å². The summed E-state index contributed by atoms with van der Waals surface area (Å²) in [7, 11) is 0. The Balaban J connectivity index is 3.03. The molecular formula is C8H3F2IN2O. The Kier molecular flexibility index (Phi) is 2.22. The van der Waals surface area contributed by atoms with Crippen LogP contribution in [0.15, 0.2) is 16.9 Å². The Bertz CT molecular complexity index is 567. The van der Waals surface area contributed by atoms with E-state index in [1.165, 1.54) is 6.07 Å². The molecule has 0 aliphatic carbocycles. The molecule has 3 nitrogen and oxygen atoms in total. The number of halogens is 3. The van der Waals surface area contributed by atoms with E-state index in [-0.39, 0.29) is 10.9 Å². The Hall–Kier alpha value is -1.05. The van der Waals surface area contributed by atoms with Gasteiger partial charge in [-0.1, -0.05) is 0 Å². The maximum absolute atomic E-state index is 13.2. The molecule has 1 aromatic carbocycles. The molecule has 0 radical (unpaired) electrons. The van der Waals surface area contributed by atoms with Crippen LogP contribution < -0.4 is 5.56 Å². The molecule has 0 unspecified atom stereocenters. The number of aromatic amines is 1. The lowest BCUT2D eigenvalue weighted by atomic mass is 10.2. The van der Waals surface area contributed by atoms with E-state index in [0.29, 0.717) is 3.83 Å². The van der Waals surface area contributed by atoms with Crippen LogP contribution >= 0.6 is 22.6 Å². The van der Waals surface area contributed by atoms with Crippen molar-refractivity contribution in [2.45, 2.75) is 0 Å². The van der Waals surface area contributed by atoms with Crippen LogP contribution in [0.4, 0.5) is 8.78 Å². The van der Waals surface area contributed by atoms with Crippen molar-refractivity contribution >= 4 is 33.5 Å². The van der Waals surface area contributed by atoms with Gasteiger partial charge >= 0.3 is 0 Å². The number of aromatic nitrogens is 2. The summed E-state index contributed by atoms with van der Waals surface area (Å²) < 4.78 is 26.3. The van der Waals surface area contributed by atoms with Crippen LogP contribution in [0.2, 0.25) is 0 Å². The molecule has 0 bridgehead atoms. The van der Waals surface area contributed by atoms with Crippen molar-refractivity contribution in [1.29, 1.82) is 0 Å². The molecule has 2 rings (SSSR count). The fourth-order valence-corrected chi connectivity index (χ4v) is 1.64. The highest BCUT2D eigenvalue weighted by atomic mass is 127. The zero-order valence-electron chi connectivity index (χ0n) is 6.64. The van der Waals surface area contributed by atoms with Gasteiger partial charge < -0.3 is 4.98 Å². The third-order valence-corrected chi connectivity index (χ3v) is 2.25. The summed E-state index contributed by atoms with van der Waals surface area (Å²) in [6, 6.07) is 2.21. The predicted molar refractivity (Wildman–Crippen MR) is 55.0 cm³/mol. The van der Waals surface area contributed by atoms with Crippen LogP contribution in [0.5, 0.6) is 0 Å². The second-order valence-electron chi connectivity index (χ2n) is 2.61. The molecule has 0 aliphatic rings. The van der Waals surface area contributed by atoms with Gasteiger partial charge in [-0.15, -0.1) is 0 Å². The maximum Gasteiger partial charge on any atom is 0.262 e. The standard InChI is InChI=1S/C8H3F2IN2O/c9-3-1-2-4-5(6(3)10)7(14)13-8(11)12-4/h1-2H,(H,12,13,14). The van der Waals surface area contributed by atoms with Gasteiger partial charge in [-0.25, -0.2) is 13.8 Å². The second-order valence-corrected chi connectivity index (χ2v) is 3.63. The largest absolute Gasteiger partial charge is 0.301 e. The van der Waals surface area contributed by atoms with Crippen molar-refractivity contribution in [3.05, 3.63) is 38.0 Å². The van der Waals surface area contributed by atoms with Crippen LogP contribution in [0.1, 0.15) is 0 Å². The van der Waals surface area contributed by atoms with Gasteiger partial charge in [0.05, 0.1) is 5.52 Å². The first-order chi connectivity index (χ1) is 6.59. The first-order valence-electron chi connectivity index (χ1n) is 3.63. The van der Waals surface area contributed by atoms with Gasteiger partial charge in [0.2, 0.25) is 0 Å². The molecule has 0 amide bonds. The van der Waals surface area contributed by atoms with E-state index in [2.05, 4.69) is 9.97 Å². The highest BCUT2D eigenvalue weighted by molar-refractivity contribution is 14.1. The highest BCUT2D eigenvalue weighted by Gasteiger charge is 2.11. The molecule has 0 atom stereocenters. The summed E-state index contributed by atoms with van der Waals surface area (Å²) in [5.74, 6) is -2.21. The van der Waals surface area contributed by atoms with Crippen LogP contribution in [-0.4, -0.2) is 9.97 Å². The lowest BCUT2D eigenvalue weighted by Crippen LogP contribution is -2.12. The lowest BCUT2D eigenvalue weighted by Gasteiger charge is -1.99. The minimum Gasteiger partial charge on any atom is -0.301 e. The second kappa shape index (κ2) is 3.26. The van der Waals surface area contributed by atoms with Crippen molar-refractivity contribution in [2.75, 3.05) is 0 Å². The number of H-pyrrole nitrogens is 1. The number of benzene rings is 1. The monoisotopic (exact) mass is 308 g/mol. The number of nitrogens with one attached hydrogen (secondary N) is 1.